The number of carbonyl (C=O) groups is 2. The Labute approximate surface area is 135 Å². The first kappa shape index (κ1) is 16.5. The molecule has 10 heteroatoms. The van der Waals surface area contributed by atoms with Crippen molar-refractivity contribution in [2.45, 2.75) is 19.0 Å². The summed E-state index contributed by atoms with van der Waals surface area (Å²) in [6.45, 7) is 0.972. The Balaban J connectivity index is 1.62. The molecule has 0 unspecified atom stereocenters. The number of alkyl halides is 3. The van der Waals surface area contributed by atoms with Gasteiger partial charge in [0.25, 0.3) is 0 Å². The fourth-order valence-electron chi connectivity index (χ4n) is 2.79. The Bertz CT molecular complexity index is 650. The number of carboxylic acid groups (broad SMARTS) is 1. The van der Waals surface area contributed by atoms with Crippen LogP contribution in [0.5, 0.6) is 0 Å². The second-order valence-corrected chi connectivity index (χ2v) is 5.94. The van der Waals surface area contributed by atoms with Gasteiger partial charge in [0.05, 0.1) is 0 Å². The van der Waals surface area contributed by atoms with E-state index in [2.05, 4.69) is 10.2 Å². The van der Waals surface area contributed by atoms with Gasteiger partial charge in [0.1, 0.15) is 5.41 Å². The molecule has 0 radical (unpaired) electrons. The van der Waals surface area contributed by atoms with Crippen molar-refractivity contribution < 1.29 is 27.9 Å². The van der Waals surface area contributed by atoms with Gasteiger partial charge in [-0.15, -0.1) is 10.2 Å². The van der Waals surface area contributed by atoms with Gasteiger partial charge >= 0.3 is 12.1 Å². The minimum Gasteiger partial charge on any atom is -0.476 e. The molecule has 0 atom stereocenters. The van der Waals surface area contributed by atoms with Crippen LogP contribution in [0.4, 0.5) is 19.0 Å². The maximum Gasteiger partial charge on any atom is 0.403 e. The zero-order valence-corrected chi connectivity index (χ0v) is 12.6. The van der Waals surface area contributed by atoms with E-state index in [1.807, 2.05) is 0 Å². The predicted molar refractivity (Wildman–Crippen MR) is 75.5 cm³/mol. The first-order chi connectivity index (χ1) is 11.2. The van der Waals surface area contributed by atoms with Crippen molar-refractivity contribution in [3.05, 3.63) is 17.8 Å². The smallest absolute Gasteiger partial charge is 0.403 e. The van der Waals surface area contributed by atoms with E-state index >= 15 is 0 Å². The van der Waals surface area contributed by atoms with Crippen molar-refractivity contribution in [3.8, 4) is 0 Å². The van der Waals surface area contributed by atoms with Crippen LogP contribution in [-0.4, -0.2) is 64.4 Å². The van der Waals surface area contributed by atoms with Gasteiger partial charge in [-0.1, -0.05) is 0 Å². The van der Waals surface area contributed by atoms with Gasteiger partial charge < -0.3 is 14.9 Å². The van der Waals surface area contributed by atoms with E-state index < -0.39 is 23.5 Å². The van der Waals surface area contributed by atoms with Gasteiger partial charge in [-0.25, -0.2) is 4.79 Å². The largest absolute Gasteiger partial charge is 0.476 e. The molecule has 2 fully saturated rings. The van der Waals surface area contributed by atoms with E-state index in [4.69, 9.17) is 5.11 Å². The normalized spacial score (nSPS) is 20.0. The van der Waals surface area contributed by atoms with Crippen LogP contribution in [0, 0.1) is 5.41 Å². The van der Waals surface area contributed by atoms with E-state index in [0.717, 1.165) is 0 Å². The number of hydrogen-bond acceptors (Lipinski definition) is 5. The van der Waals surface area contributed by atoms with Crippen molar-refractivity contribution in [2.24, 2.45) is 5.41 Å². The molecule has 24 heavy (non-hydrogen) atoms. The topological polar surface area (TPSA) is 86.6 Å². The molecule has 1 saturated carbocycles. The third kappa shape index (κ3) is 2.76. The summed E-state index contributed by atoms with van der Waals surface area (Å²) in [5.74, 6) is -1.60. The van der Waals surface area contributed by atoms with Crippen LogP contribution in [-0.2, 0) is 4.79 Å². The Hall–Kier alpha value is -2.39. The molecular weight excluding hydrogens is 329 g/mol. The zero-order valence-electron chi connectivity index (χ0n) is 12.6. The number of halogens is 3. The number of rotatable bonds is 3. The first-order valence-electron chi connectivity index (χ1n) is 7.43. The van der Waals surface area contributed by atoms with Crippen LogP contribution in [0.25, 0.3) is 0 Å². The summed E-state index contributed by atoms with van der Waals surface area (Å²) >= 11 is 0. The fourth-order valence-corrected chi connectivity index (χ4v) is 2.79. The Morgan fingerprint density at radius 1 is 1.08 bits per heavy atom. The molecule has 1 N–H and O–H groups in total. The molecule has 2 heterocycles. The molecule has 1 amide bonds. The SMILES string of the molecule is O=C(O)c1ccc(N2CCN(C(=O)C3(C(F)(F)F)CC3)CC2)nn1. The van der Waals surface area contributed by atoms with Gasteiger partial charge in [-0.2, -0.15) is 13.2 Å². The van der Waals surface area contributed by atoms with Crippen LogP contribution < -0.4 is 4.90 Å². The first-order valence-corrected chi connectivity index (χ1v) is 7.43. The van der Waals surface area contributed by atoms with Crippen molar-refractivity contribution in [2.75, 3.05) is 31.1 Å². The Morgan fingerprint density at radius 2 is 1.71 bits per heavy atom. The maximum atomic E-state index is 13.0. The van der Waals surface area contributed by atoms with Gasteiger partial charge in [-0.3, -0.25) is 4.79 Å². The quantitative estimate of drug-likeness (QED) is 0.886. The van der Waals surface area contributed by atoms with Crippen molar-refractivity contribution >= 4 is 17.7 Å². The van der Waals surface area contributed by atoms with Crippen LogP contribution in [0.2, 0.25) is 0 Å². The number of piperazine rings is 1. The van der Waals surface area contributed by atoms with Crippen LogP contribution in [0.3, 0.4) is 0 Å². The van der Waals surface area contributed by atoms with Crippen molar-refractivity contribution in [1.29, 1.82) is 0 Å². The zero-order chi connectivity index (χ0) is 17.5. The summed E-state index contributed by atoms with van der Waals surface area (Å²) in [5.41, 5.74) is -2.37. The monoisotopic (exact) mass is 344 g/mol. The number of carboxylic acids is 1. The molecule has 1 aliphatic carbocycles. The highest BCUT2D eigenvalue weighted by molar-refractivity contribution is 5.86. The number of anilines is 1. The lowest BCUT2D eigenvalue weighted by Crippen LogP contribution is -2.53. The number of nitrogens with zero attached hydrogens (tertiary/aromatic N) is 4. The highest BCUT2D eigenvalue weighted by Gasteiger charge is 2.69. The van der Waals surface area contributed by atoms with E-state index in [-0.39, 0.29) is 31.6 Å². The molecule has 0 bridgehead atoms. The summed E-state index contributed by atoms with van der Waals surface area (Å²) in [4.78, 5) is 25.9. The highest BCUT2D eigenvalue weighted by Crippen LogP contribution is 2.58. The molecule has 1 aromatic rings. The number of carbonyl (C=O) groups excluding carboxylic acids is 1. The molecule has 130 valence electrons. The summed E-state index contributed by atoms with van der Waals surface area (Å²) in [6.07, 6.45) is -4.78. The van der Waals surface area contributed by atoms with Gasteiger partial charge in [-0.05, 0) is 25.0 Å². The van der Waals surface area contributed by atoms with E-state index in [9.17, 15) is 22.8 Å². The minimum atomic E-state index is -4.50. The molecular formula is C14H15F3N4O3. The average molecular weight is 344 g/mol. The molecule has 0 aromatic carbocycles. The molecule has 2 aliphatic rings. The highest BCUT2D eigenvalue weighted by atomic mass is 19.4. The molecule has 1 aromatic heterocycles. The standard InChI is InChI=1S/C14H15F3N4O3/c15-14(16,17)13(3-4-13)12(24)21-7-5-20(6-8-21)10-2-1-9(11(22)23)18-19-10/h1-2H,3-8H2,(H,22,23). The van der Waals surface area contributed by atoms with Gasteiger partial charge in [0.15, 0.2) is 11.5 Å². The number of aromatic nitrogens is 2. The van der Waals surface area contributed by atoms with Gasteiger partial charge in [0, 0.05) is 26.2 Å². The second kappa shape index (κ2) is 5.60. The number of hydrogen-bond donors (Lipinski definition) is 1. The number of amides is 1. The molecule has 0 spiro atoms. The van der Waals surface area contributed by atoms with Gasteiger partial charge in [0.2, 0.25) is 5.91 Å². The third-order valence-corrected chi connectivity index (χ3v) is 4.46. The van der Waals surface area contributed by atoms with Crippen molar-refractivity contribution in [3.63, 3.8) is 0 Å². The van der Waals surface area contributed by atoms with E-state index in [0.29, 0.717) is 18.9 Å². The van der Waals surface area contributed by atoms with E-state index in [1.54, 1.807) is 4.90 Å². The Morgan fingerprint density at radius 3 is 2.12 bits per heavy atom. The van der Waals surface area contributed by atoms with Crippen molar-refractivity contribution in [1.82, 2.24) is 15.1 Å². The van der Waals surface area contributed by atoms with Crippen LogP contribution >= 0.6 is 0 Å². The summed E-state index contributed by atoms with van der Waals surface area (Å²) < 4.78 is 39.1. The maximum absolute atomic E-state index is 13.0. The third-order valence-electron chi connectivity index (χ3n) is 4.46. The van der Waals surface area contributed by atoms with Crippen LogP contribution in [0.1, 0.15) is 23.3 Å². The lowest BCUT2D eigenvalue weighted by molar-refractivity contribution is -0.198. The lowest BCUT2D eigenvalue weighted by Gasteiger charge is -2.37. The minimum absolute atomic E-state index is 0.141. The Kier molecular flexibility index (Phi) is 3.84. The number of aromatic carboxylic acids is 1. The summed E-state index contributed by atoms with van der Waals surface area (Å²) in [7, 11) is 0. The second-order valence-electron chi connectivity index (χ2n) is 5.94. The summed E-state index contributed by atoms with van der Waals surface area (Å²) in [6, 6.07) is 2.80. The lowest BCUT2D eigenvalue weighted by atomic mass is 10.0. The van der Waals surface area contributed by atoms with E-state index in [1.165, 1.54) is 17.0 Å². The average Bonchev–Trinajstić information content (AvgIpc) is 3.36. The molecule has 1 saturated heterocycles. The van der Waals surface area contributed by atoms with Crippen LogP contribution in [0.15, 0.2) is 12.1 Å². The molecule has 7 nitrogen and oxygen atoms in total. The predicted octanol–water partition coefficient (Wildman–Crippen LogP) is 1.17. The molecule has 3 rings (SSSR count). The molecule has 1 aliphatic heterocycles. The fraction of sp³-hybridized carbons (Fsp3) is 0.571. The summed E-state index contributed by atoms with van der Waals surface area (Å²) in [5, 5.41) is 16.2.